The highest BCUT2D eigenvalue weighted by molar-refractivity contribution is 8.00. The number of nitrogens with zero attached hydrogens (tertiary/aromatic N) is 1. The fourth-order valence-corrected chi connectivity index (χ4v) is 5.40. The summed E-state index contributed by atoms with van der Waals surface area (Å²) in [6, 6.07) is 1.52. The summed E-state index contributed by atoms with van der Waals surface area (Å²) < 4.78 is 0. The maximum atomic E-state index is 3.84. The van der Waals surface area contributed by atoms with Gasteiger partial charge in [0.05, 0.1) is 0 Å². The third kappa shape index (κ3) is 3.68. The second-order valence-electron chi connectivity index (χ2n) is 6.85. The summed E-state index contributed by atoms with van der Waals surface area (Å²) in [6.45, 7) is 6.27. The molecule has 2 saturated heterocycles. The van der Waals surface area contributed by atoms with Crippen molar-refractivity contribution in [2.45, 2.75) is 69.2 Å². The molecule has 0 aromatic rings. The Labute approximate surface area is 123 Å². The van der Waals surface area contributed by atoms with Crippen molar-refractivity contribution < 1.29 is 0 Å². The second-order valence-corrected chi connectivity index (χ2v) is 8.26. The van der Waals surface area contributed by atoms with E-state index in [0.717, 1.165) is 23.3 Å². The molecule has 2 heterocycles. The zero-order chi connectivity index (χ0) is 13.1. The van der Waals surface area contributed by atoms with Gasteiger partial charge in [0.25, 0.3) is 0 Å². The van der Waals surface area contributed by atoms with E-state index < -0.39 is 0 Å². The fourth-order valence-electron chi connectivity index (χ4n) is 4.10. The van der Waals surface area contributed by atoms with Crippen LogP contribution in [0, 0.1) is 5.92 Å². The van der Waals surface area contributed by atoms with Gasteiger partial charge in [0.15, 0.2) is 0 Å². The molecular formula is C16H30N2S. The topological polar surface area (TPSA) is 15.3 Å². The van der Waals surface area contributed by atoms with E-state index in [0.29, 0.717) is 0 Å². The largest absolute Gasteiger partial charge is 0.311 e. The van der Waals surface area contributed by atoms with E-state index in [1.54, 1.807) is 0 Å². The van der Waals surface area contributed by atoms with Crippen LogP contribution in [-0.4, -0.2) is 47.6 Å². The average Bonchev–Trinajstić information content (AvgIpc) is 2.95. The minimum atomic E-state index is 0.737. The molecule has 0 aromatic carbocycles. The van der Waals surface area contributed by atoms with Crippen LogP contribution < -0.4 is 5.32 Å². The second kappa shape index (κ2) is 6.82. The van der Waals surface area contributed by atoms with Crippen LogP contribution in [0.15, 0.2) is 0 Å². The lowest BCUT2D eigenvalue weighted by molar-refractivity contribution is 0.104. The third-order valence-electron chi connectivity index (χ3n) is 5.41. The highest BCUT2D eigenvalue weighted by atomic mass is 32.2. The zero-order valence-corrected chi connectivity index (χ0v) is 13.3. The van der Waals surface area contributed by atoms with Gasteiger partial charge in [-0.15, -0.1) is 0 Å². The van der Waals surface area contributed by atoms with E-state index in [4.69, 9.17) is 0 Å². The van der Waals surface area contributed by atoms with E-state index in [-0.39, 0.29) is 0 Å². The van der Waals surface area contributed by atoms with E-state index in [2.05, 4.69) is 28.9 Å². The fraction of sp³-hybridized carbons (Fsp3) is 1.00. The SMILES string of the molecule is CC1CNC(C2CCCCC2)CN1CC1CCCS1. The summed E-state index contributed by atoms with van der Waals surface area (Å²) in [4.78, 5) is 2.79. The molecule has 0 aromatic heterocycles. The molecule has 3 unspecified atom stereocenters. The zero-order valence-electron chi connectivity index (χ0n) is 12.4. The monoisotopic (exact) mass is 282 g/mol. The van der Waals surface area contributed by atoms with Gasteiger partial charge in [-0.25, -0.2) is 0 Å². The van der Waals surface area contributed by atoms with Crippen molar-refractivity contribution in [2.24, 2.45) is 5.92 Å². The van der Waals surface area contributed by atoms with Crippen molar-refractivity contribution in [3.8, 4) is 0 Å². The summed E-state index contributed by atoms with van der Waals surface area (Å²) in [6.07, 6.45) is 10.3. The Morgan fingerprint density at radius 2 is 1.95 bits per heavy atom. The van der Waals surface area contributed by atoms with Crippen LogP contribution in [0.4, 0.5) is 0 Å². The van der Waals surface area contributed by atoms with Crippen molar-refractivity contribution >= 4 is 11.8 Å². The maximum absolute atomic E-state index is 3.84. The standard InChI is InChI=1S/C16H30N2S/c1-13-10-17-16(14-6-3-2-4-7-14)12-18(13)11-15-8-5-9-19-15/h13-17H,2-12H2,1H3. The highest BCUT2D eigenvalue weighted by Crippen LogP contribution is 2.31. The van der Waals surface area contributed by atoms with Crippen LogP contribution >= 0.6 is 11.8 Å². The van der Waals surface area contributed by atoms with Gasteiger partial charge >= 0.3 is 0 Å². The normalized spacial score (nSPS) is 38.7. The average molecular weight is 282 g/mol. The van der Waals surface area contributed by atoms with Crippen molar-refractivity contribution in [1.82, 2.24) is 10.2 Å². The molecule has 3 fully saturated rings. The van der Waals surface area contributed by atoms with Gasteiger partial charge in [0, 0.05) is 37.0 Å². The van der Waals surface area contributed by atoms with Crippen molar-refractivity contribution in [1.29, 1.82) is 0 Å². The molecule has 0 amide bonds. The summed E-state index contributed by atoms with van der Waals surface area (Å²) >= 11 is 2.21. The molecule has 110 valence electrons. The number of rotatable bonds is 3. The lowest BCUT2D eigenvalue weighted by Crippen LogP contribution is -2.58. The summed E-state index contributed by atoms with van der Waals surface area (Å²) in [5, 5.41) is 4.77. The van der Waals surface area contributed by atoms with Crippen LogP contribution in [0.1, 0.15) is 51.9 Å². The summed E-state index contributed by atoms with van der Waals surface area (Å²) in [5.41, 5.74) is 0. The molecule has 0 spiro atoms. The van der Waals surface area contributed by atoms with Crippen LogP contribution in [0.3, 0.4) is 0 Å². The van der Waals surface area contributed by atoms with Gasteiger partial charge < -0.3 is 5.32 Å². The van der Waals surface area contributed by atoms with Crippen molar-refractivity contribution in [3.63, 3.8) is 0 Å². The molecule has 3 aliphatic rings. The molecule has 1 saturated carbocycles. The van der Waals surface area contributed by atoms with Gasteiger partial charge in [-0.3, -0.25) is 4.90 Å². The Hall–Kier alpha value is 0.270. The number of nitrogens with one attached hydrogen (secondary N) is 1. The number of hydrogen-bond donors (Lipinski definition) is 1. The first kappa shape index (κ1) is 14.2. The molecule has 3 rings (SSSR count). The van der Waals surface area contributed by atoms with E-state index in [1.165, 1.54) is 70.3 Å². The first-order chi connectivity index (χ1) is 9.33. The lowest BCUT2D eigenvalue weighted by Gasteiger charge is -2.43. The molecule has 2 nitrogen and oxygen atoms in total. The van der Waals surface area contributed by atoms with Crippen LogP contribution in [-0.2, 0) is 0 Å². The van der Waals surface area contributed by atoms with Crippen LogP contribution in [0.25, 0.3) is 0 Å². The molecule has 3 atom stereocenters. The number of hydrogen-bond acceptors (Lipinski definition) is 3. The maximum Gasteiger partial charge on any atom is 0.0224 e. The van der Waals surface area contributed by atoms with Gasteiger partial charge in [0.2, 0.25) is 0 Å². The van der Waals surface area contributed by atoms with Crippen molar-refractivity contribution in [2.75, 3.05) is 25.4 Å². The molecule has 19 heavy (non-hydrogen) atoms. The molecule has 1 N–H and O–H groups in total. The van der Waals surface area contributed by atoms with Crippen molar-refractivity contribution in [3.05, 3.63) is 0 Å². The first-order valence-electron chi connectivity index (χ1n) is 8.42. The molecule has 0 bridgehead atoms. The predicted molar refractivity (Wildman–Crippen MR) is 84.9 cm³/mol. The smallest absolute Gasteiger partial charge is 0.0224 e. The van der Waals surface area contributed by atoms with Crippen LogP contribution in [0.5, 0.6) is 0 Å². The highest BCUT2D eigenvalue weighted by Gasteiger charge is 2.32. The van der Waals surface area contributed by atoms with Gasteiger partial charge in [-0.1, -0.05) is 19.3 Å². The quantitative estimate of drug-likeness (QED) is 0.856. The minimum absolute atomic E-state index is 0.737. The van der Waals surface area contributed by atoms with E-state index in [1.807, 2.05) is 0 Å². The Balaban J connectivity index is 1.53. The lowest BCUT2D eigenvalue weighted by atomic mass is 9.82. The van der Waals surface area contributed by atoms with E-state index >= 15 is 0 Å². The molecule has 3 heteroatoms. The Bertz CT molecular complexity index is 272. The third-order valence-corrected chi connectivity index (χ3v) is 6.79. The van der Waals surface area contributed by atoms with Gasteiger partial charge in [-0.05, 0) is 44.3 Å². The number of thioether (sulfide) groups is 1. The Morgan fingerprint density at radius 3 is 2.68 bits per heavy atom. The molecular weight excluding hydrogens is 252 g/mol. The van der Waals surface area contributed by atoms with Crippen LogP contribution in [0.2, 0.25) is 0 Å². The molecule has 0 radical (unpaired) electrons. The number of piperazine rings is 1. The molecule has 1 aliphatic carbocycles. The first-order valence-corrected chi connectivity index (χ1v) is 9.47. The Morgan fingerprint density at radius 1 is 1.11 bits per heavy atom. The van der Waals surface area contributed by atoms with Gasteiger partial charge in [0.1, 0.15) is 0 Å². The van der Waals surface area contributed by atoms with Gasteiger partial charge in [-0.2, -0.15) is 11.8 Å². The Kier molecular flexibility index (Phi) is 5.10. The molecule has 2 aliphatic heterocycles. The minimum Gasteiger partial charge on any atom is -0.311 e. The summed E-state index contributed by atoms with van der Waals surface area (Å²) in [7, 11) is 0. The summed E-state index contributed by atoms with van der Waals surface area (Å²) in [5.74, 6) is 2.36. The predicted octanol–water partition coefficient (Wildman–Crippen LogP) is 3.12. The van der Waals surface area contributed by atoms with E-state index in [9.17, 15) is 0 Å².